The van der Waals surface area contributed by atoms with Gasteiger partial charge in [0.05, 0.1) is 9.83 Å². The van der Waals surface area contributed by atoms with Crippen molar-refractivity contribution >= 4 is 33.4 Å². The van der Waals surface area contributed by atoms with E-state index in [0.29, 0.717) is 0 Å². The van der Waals surface area contributed by atoms with Crippen molar-refractivity contribution in [2.24, 2.45) is 0 Å². The summed E-state index contributed by atoms with van der Waals surface area (Å²) in [4.78, 5) is 15.3. The first-order chi connectivity index (χ1) is 8.28. The molecule has 0 spiro atoms. The minimum Gasteiger partial charge on any atom is -0.444 e. The van der Waals surface area contributed by atoms with Gasteiger partial charge in [-0.15, -0.1) is 11.3 Å². The van der Waals surface area contributed by atoms with Gasteiger partial charge in [-0.3, -0.25) is 0 Å². The van der Waals surface area contributed by atoms with E-state index in [1.165, 1.54) is 10.4 Å². The number of hydrogen-bond donors (Lipinski definition) is 0. The lowest BCUT2D eigenvalue weighted by molar-refractivity contribution is 0.0161. The first kappa shape index (κ1) is 13.9. The predicted molar refractivity (Wildman–Crippen MR) is 77.1 cm³/mol. The summed E-state index contributed by atoms with van der Waals surface area (Å²) in [6.07, 6.45) is 0.692. The van der Waals surface area contributed by atoms with Gasteiger partial charge >= 0.3 is 6.09 Å². The first-order valence-electron chi connectivity index (χ1n) is 6.05. The fraction of sp³-hybridized carbons (Fsp3) is 0.615. The molecule has 0 saturated heterocycles. The zero-order valence-corrected chi connectivity index (χ0v) is 13.5. The zero-order valence-electron chi connectivity index (χ0n) is 11.1. The quantitative estimate of drug-likeness (QED) is 0.706. The highest BCUT2D eigenvalue weighted by atomic mass is 79.9. The summed E-state index contributed by atoms with van der Waals surface area (Å²) < 4.78 is 6.58. The van der Waals surface area contributed by atoms with Crippen molar-refractivity contribution in [3.05, 3.63) is 20.3 Å². The number of hydrogen-bond acceptors (Lipinski definition) is 3. The highest BCUT2D eigenvalue weighted by Crippen LogP contribution is 2.37. The fourth-order valence-electron chi connectivity index (χ4n) is 2.11. The van der Waals surface area contributed by atoms with Crippen LogP contribution in [0, 0.1) is 0 Å². The van der Waals surface area contributed by atoms with Gasteiger partial charge in [0.15, 0.2) is 0 Å². The second kappa shape index (κ2) is 4.85. The molecule has 0 saturated carbocycles. The maximum absolute atomic E-state index is 12.1. The highest BCUT2D eigenvalue weighted by Gasteiger charge is 2.32. The van der Waals surface area contributed by atoms with E-state index in [4.69, 9.17) is 4.74 Å². The Kier molecular flexibility index (Phi) is 3.74. The Balaban J connectivity index is 2.16. The number of carbonyl (C=O) groups excluding carboxylic acids is 1. The number of amides is 1. The molecule has 0 aliphatic carbocycles. The van der Waals surface area contributed by atoms with Gasteiger partial charge in [0.1, 0.15) is 5.60 Å². The smallest absolute Gasteiger partial charge is 0.410 e. The van der Waals surface area contributed by atoms with Crippen LogP contribution in [-0.2, 0) is 11.2 Å². The molecule has 1 aromatic rings. The molecule has 2 rings (SSSR count). The van der Waals surface area contributed by atoms with Crippen LogP contribution >= 0.6 is 27.3 Å². The van der Waals surface area contributed by atoms with E-state index >= 15 is 0 Å². The monoisotopic (exact) mass is 331 g/mol. The average molecular weight is 332 g/mol. The van der Waals surface area contributed by atoms with Crippen molar-refractivity contribution in [2.45, 2.75) is 45.8 Å². The summed E-state index contributed by atoms with van der Waals surface area (Å²) >= 11 is 5.27. The summed E-state index contributed by atoms with van der Waals surface area (Å²) in [7, 11) is 0. The van der Waals surface area contributed by atoms with Gasteiger partial charge < -0.3 is 9.64 Å². The molecule has 1 aromatic heterocycles. The minimum atomic E-state index is -0.438. The number of nitrogens with zero attached hydrogens (tertiary/aromatic N) is 1. The van der Waals surface area contributed by atoms with Crippen LogP contribution in [0.25, 0.3) is 0 Å². The van der Waals surface area contributed by atoms with Crippen LogP contribution in [0.3, 0.4) is 0 Å². The van der Waals surface area contributed by atoms with Crippen molar-refractivity contribution in [1.82, 2.24) is 4.90 Å². The molecule has 0 bridgehead atoms. The van der Waals surface area contributed by atoms with Crippen LogP contribution in [0.5, 0.6) is 0 Å². The van der Waals surface area contributed by atoms with Crippen molar-refractivity contribution in [3.8, 4) is 0 Å². The number of fused-ring (bicyclic) bond motifs is 1. The normalized spacial score (nSPS) is 19.6. The molecule has 100 valence electrons. The molecule has 3 nitrogen and oxygen atoms in total. The molecule has 0 N–H and O–H groups in total. The van der Waals surface area contributed by atoms with E-state index in [2.05, 4.69) is 28.9 Å². The maximum atomic E-state index is 12.1. The van der Waals surface area contributed by atoms with E-state index in [0.717, 1.165) is 16.8 Å². The molecule has 1 aliphatic rings. The Morgan fingerprint density at radius 2 is 2.22 bits per heavy atom. The molecule has 2 heterocycles. The molecule has 1 atom stereocenters. The second-order valence-electron chi connectivity index (χ2n) is 5.53. The average Bonchev–Trinajstić information content (AvgIpc) is 2.57. The van der Waals surface area contributed by atoms with Crippen LogP contribution in [0.4, 0.5) is 4.79 Å². The molecule has 1 aliphatic heterocycles. The summed E-state index contributed by atoms with van der Waals surface area (Å²) in [6.45, 7) is 8.47. The molecular weight excluding hydrogens is 314 g/mol. The lowest BCUT2D eigenvalue weighted by atomic mass is 10.0. The minimum absolute atomic E-state index is 0.0890. The number of thiophene rings is 1. The third kappa shape index (κ3) is 2.88. The largest absolute Gasteiger partial charge is 0.444 e. The number of carbonyl (C=O) groups is 1. The Morgan fingerprint density at radius 3 is 2.83 bits per heavy atom. The summed E-state index contributed by atoms with van der Waals surface area (Å²) in [5.74, 6) is 0. The van der Waals surface area contributed by atoms with Gasteiger partial charge in [-0.05, 0) is 61.7 Å². The number of halogens is 1. The number of rotatable bonds is 0. The van der Waals surface area contributed by atoms with E-state index in [1.807, 2.05) is 25.7 Å². The summed E-state index contributed by atoms with van der Waals surface area (Å²) in [5, 5.41) is 0. The van der Waals surface area contributed by atoms with Crippen molar-refractivity contribution in [2.75, 3.05) is 6.54 Å². The van der Waals surface area contributed by atoms with Crippen molar-refractivity contribution in [1.29, 1.82) is 0 Å². The lowest BCUT2D eigenvalue weighted by Crippen LogP contribution is -2.41. The van der Waals surface area contributed by atoms with Gasteiger partial charge in [-0.25, -0.2) is 4.79 Å². The van der Waals surface area contributed by atoms with Gasteiger partial charge in [0.25, 0.3) is 0 Å². The molecular formula is C13H18BrNO2S. The summed E-state index contributed by atoms with van der Waals surface area (Å²) in [5.41, 5.74) is 0.802. The molecule has 0 unspecified atom stereocenters. The van der Waals surface area contributed by atoms with Crippen LogP contribution in [0.1, 0.15) is 44.2 Å². The van der Waals surface area contributed by atoms with E-state index in [-0.39, 0.29) is 12.1 Å². The summed E-state index contributed by atoms with van der Waals surface area (Å²) in [6, 6.07) is 2.20. The molecule has 1 amide bonds. The zero-order chi connectivity index (χ0) is 13.5. The van der Waals surface area contributed by atoms with Gasteiger partial charge in [-0.1, -0.05) is 0 Å². The standard InChI is InChI=1S/C13H18BrNO2S/c1-8-9-7-11(14)18-10(9)5-6-15(8)12(16)17-13(2,3)4/h7-8H,5-6H2,1-4H3/t8-/m1/s1. The Hall–Kier alpha value is -0.550. The van der Waals surface area contributed by atoms with Crippen LogP contribution in [-0.4, -0.2) is 23.1 Å². The Labute approximate surface area is 120 Å². The third-order valence-electron chi connectivity index (χ3n) is 2.94. The molecule has 0 fully saturated rings. The SMILES string of the molecule is C[C@@H]1c2cc(Br)sc2CCN1C(=O)OC(C)(C)C. The van der Waals surface area contributed by atoms with Crippen LogP contribution in [0.15, 0.2) is 9.85 Å². The van der Waals surface area contributed by atoms with Crippen LogP contribution < -0.4 is 0 Å². The van der Waals surface area contributed by atoms with Crippen molar-refractivity contribution in [3.63, 3.8) is 0 Å². The highest BCUT2D eigenvalue weighted by molar-refractivity contribution is 9.11. The second-order valence-corrected chi connectivity index (χ2v) is 8.04. The van der Waals surface area contributed by atoms with Gasteiger partial charge in [0, 0.05) is 11.4 Å². The van der Waals surface area contributed by atoms with Gasteiger partial charge in [0.2, 0.25) is 0 Å². The Morgan fingerprint density at radius 1 is 1.56 bits per heavy atom. The molecule has 0 radical (unpaired) electrons. The van der Waals surface area contributed by atoms with Gasteiger partial charge in [-0.2, -0.15) is 0 Å². The maximum Gasteiger partial charge on any atom is 0.410 e. The molecule has 0 aromatic carbocycles. The lowest BCUT2D eigenvalue weighted by Gasteiger charge is -2.34. The fourth-order valence-corrected chi connectivity index (χ4v) is 3.91. The Bertz CT molecular complexity index is 464. The molecule has 5 heteroatoms. The van der Waals surface area contributed by atoms with E-state index < -0.39 is 5.60 Å². The third-order valence-corrected chi connectivity index (χ3v) is 4.65. The van der Waals surface area contributed by atoms with E-state index in [1.54, 1.807) is 11.3 Å². The van der Waals surface area contributed by atoms with Crippen LogP contribution in [0.2, 0.25) is 0 Å². The topological polar surface area (TPSA) is 29.5 Å². The number of ether oxygens (including phenoxy) is 1. The van der Waals surface area contributed by atoms with E-state index in [9.17, 15) is 4.79 Å². The molecule has 18 heavy (non-hydrogen) atoms. The first-order valence-corrected chi connectivity index (χ1v) is 7.66. The predicted octanol–water partition coefficient (Wildman–Crippen LogP) is 4.36. The van der Waals surface area contributed by atoms with Crippen molar-refractivity contribution < 1.29 is 9.53 Å².